The van der Waals surface area contributed by atoms with Crippen LogP contribution in [0.4, 0.5) is 5.82 Å². The average Bonchev–Trinajstić information content (AvgIpc) is 2.38. The van der Waals surface area contributed by atoms with Gasteiger partial charge in [-0.05, 0) is 26.2 Å². The minimum Gasteiger partial charge on any atom is -0.387 e. The summed E-state index contributed by atoms with van der Waals surface area (Å²) >= 11 is 0. The molecule has 0 amide bonds. The molecule has 5 heteroatoms. The molecule has 0 bridgehead atoms. The lowest BCUT2D eigenvalue weighted by Gasteiger charge is -2.39. The maximum absolute atomic E-state index is 7.69. The van der Waals surface area contributed by atoms with Gasteiger partial charge in [-0.2, -0.15) is 0 Å². The molecular formula is C14H23N5. The Bertz CT molecular complexity index is 475. The Morgan fingerprint density at radius 3 is 2.58 bits per heavy atom. The summed E-state index contributed by atoms with van der Waals surface area (Å²) in [5.41, 5.74) is 6.63. The van der Waals surface area contributed by atoms with E-state index in [4.69, 9.17) is 11.1 Å². The predicted molar refractivity (Wildman–Crippen MR) is 77.6 cm³/mol. The van der Waals surface area contributed by atoms with Crippen LogP contribution >= 0.6 is 0 Å². The zero-order valence-electron chi connectivity index (χ0n) is 12.0. The Kier molecular flexibility index (Phi) is 3.73. The van der Waals surface area contributed by atoms with E-state index in [1.807, 2.05) is 6.92 Å². The van der Waals surface area contributed by atoms with Crippen molar-refractivity contribution in [2.24, 2.45) is 11.1 Å². The molecule has 0 atom stereocenters. The first-order chi connectivity index (χ1) is 8.94. The molecule has 2 rings (SSSR count). The number of nitrogens with one attached hydrogen (secondary N) is 1. The van der Waals surface area contributed by atoms with Crippen molar-refractivity contribution in [2.45, 2.75) is 40.0 Å². The third-order valence-corrected chi connectivity index (χ3v) is 4.08. The molecule has 0 aliphatic carbocycles. The van der Waals surface area contributed by atoms with E-state index in [1.165, 1.54) is 0 Å². The second-order valence-electron chi connectivity index (χ2n) is 5.58. The smallest absolute Gasteiger partial charge is 0.132 e. The molecule has 0 saturated carbocycles. The van der Waals surface area contributed by atoms with Crippen molar-refractivity contribution in [2.75, 3.05) is 18.0 Å². The molecule has 0 unspecified atom stereocenters. The molecule has 3 N–H and O–H groups in total. The van der Waals surface area contributed by atoms with Gasteiger partial charge in [0.15, 0.2) is 0 Å². The first-order valence-electron chi connectivity index (χ1n) is 6.88. The summed E-state index contributed by atoms with van der Waals surface area (Å²) in [6, 6.07) is 2.07. The van der Waals surface area contributed by atoms with Gasteiger partial charge in [0.1, 0.15) is 11.6 Å². The Balaban J connectivity index is 2.13. The van der Waals surface area contributed by atoms with E-state index in [0.29, 0.717) is 5.84 Å². The summed E-state index contributed by atoms with van der Waals surface area (Å²) in [5, 5.41) is 7.69. The van der Waals surface area contributed by atoms with E-state index >= 15 is 0 Å². The number of hydrogen-bond donors (Lipinski definition) is 2. The van der Waals surface area contributed by atoms with Crippen molar-refractivity contribution < 1.29 is 0 Å². The van der Waals surface area contributed by atoms with Gasteiger partial charge in [0.25, 0.3) is 0 Å². The van der Waals surface area contributed by atoms with E-state index in [2.05, 4.69) is 34.8 Å². The van der Waals surface area contributed by atoms with Crippen molar-refractivity contribution in [1.29, 1.82) is 5.41 Å². The SMILES string of the molecule is CCc1cc(N2CCC(C)(C(=N)N)CC2)nc(C)n1. The molecule has 0 radical (unpaired) electrons. The topological polar surface area (TPSA) is 78.9 Å². The largest absolute Gasteiger partial charge is 0.387 e. The highest BCUT2D eigenvalue weighted by Gasteiger charge is 2.33. The Morgan fingerprint density at radius 1 is 1.42 bits per heavy atom. The molecule has 0 spiro atoms. The Labute approximate surface area is 114 Å². The quantitative estimate of drug-likeness (QED) is 0.643. The van der Waals surface area contributed by atoms with Crippen LogP contribution in [0, 0.1) is 17.7 Å². The first-order valence-corrected chi connectivity index (χ1v) is 6.88. The van der Waals surface area contributed by atoms with Gasteiger partial charge >= 0.3 is 0 Å². The van der Waals surface area contributed by atoms with Crippen LogP contribution in [-0.4, -0.2) is 28.9 Å². The van der Waals surface area contributed by atoms with E-state index in [1.54, 1.807) is 0 Å². The van der Waals surface area contributed by atoms with Crippen LogP contribution in [0.5, 0.6) is 0 Å². The van der Waals surface area contributed by atoms with Crippen molar-refractivity contribution >= 4 is 11.7 Å². The molecule has 5 nitrogen and oxygen atoms in total. The van der Waals surface area contributed by atoms with Crippen LogP contribution in [-0.2, 0) is 6.42 Å². The minimum atomic E-state index is -0.147. The summed E-state index contributed by atoms with van der Waals surface area (Å²) in [6.45, 7) is 7.92. The van der Waals surface area contributed by atoms with Gasteiger partial charge in [0.05, 0.1) is 5.84 Å². The number of rotatable bonds is 3. The fourth-order valence-corrected chi connectivity index (χ4v) is 2.45. The molecular weight excluding hydrogens is 238 g/mol. The van der Waals surface area contributed by atoms with Gasteiger partial charge in [-0.1, -0.05) is 13.8 Å². The van der Waals surface area contributed by atoms with Crippen molar-refractivity contribution in [1.82, 2.24) is 9.97 Å². The zero-order chi connectivity index (χ0) is 14.0. The van der Waals surface area contributed by atoms with Gasteiger partial charge in [-0.25, -0.2) is 9.97 Å². The fraction of sp³-hybridized carbons (Fsp3) is 0.643. The Morgan fingerprint density at radius 2 is 2.05 bits per heavy atom. The highest BCUT2D eigenvalue weighted by molar-refractivity contribution is 5.83. The zero-order valence-corrected chi connectivity index (χ0v) is 12.0. The third-order valence-electron chi connectivity index (χ3n) is 4.08. The molecule has 2 heterocycles. The maximum Gasteiger partial charge on any atom is 0.132 e. The molecule has 1 aromatic rings. The van der Waals surface area contributed by atoms with Crippen molar-refractivity contribution in [3.05, 3.63) is 17.6 Å². The monoisotopic (exact) mass is 261 g/mol. The highest BCUT2D eigenvalue weighted by atomic mass is 15.2. The minimum absolute atomic E-state index is 0.147. The first kappa shape index (κ1) is 13.8. The van der Waals surface area contributed by atoms with Crippen LogP contribution in [0.15, 0.2) is 6.07 Å². The standard InChI is InChI=1S/C14H23N5/c1-4-11-9-12(18-10(2)17-11)19-7-5-14(3,6-8-19)13(15)16/h9H,4-8H2,1-3H3,(H3,15,16). The van der Waals surface area contributed by atoms with Gasteiger partial charge in [-0.3, -0.25) is 5.41 Å². The van der Waals surface area contributed by atoms with E-state index in [0.717, 1.165) is 49.7 Å². The van der Waals surface area contributed by atoms with Crippen LogP contribution in [0.25, 0.3) is 0 Å². The number of nitrogens with zero attached hydrogens (tertiary/aromatic N) is 3. The number of aromatic nitrogens is 2. The van der Waals surface area contributed by atoms with Gasteiger partial charge in [0, 0.05) is 30.3 Å². The fourth-order valence-electron chi connectivity index (χ4n) is 2.45. The van der Waals surface area contributed by atoms with Gasteiger partial charge < -0.3 is 10.6 Å². The van der Waals surface area contributed by atoms with Crippen LogP contribution in [0.3, 0.4) is 0 Å². The predicted octanol–water partition coefficient (Wildman–Crippen LogP) is 1.89. The summed E-state index contributed by atoms with van der Waals surface area (Å²) < 4.78 is 0. The average molecular weight is 261 g/mol. The highest BCUT2D eigenvalue weighted by Crippen LogP contribution is 2.32. The summed E-state index contributed by atoms with van der Waals surface area (Å²) in [6.07, 6.45) is 2.75. The van der Waals surface area contributed by atoms with Crippen LogP contribution in [0.2, 0.25) is 0 Å². The van der Waals surface area contributed by atoms with Gasteiger partial charge in [0.2, 0.25) is 0 Å². The third kappa shape index (κ3) is 2.85. The number of piperidine rings is 1. The molecule has 1 fully saturated rings. The second kappa shape index (κ2) is 5.15. The number of hydrogen-bond acceptors (Lipinski definition) is 4. The molecule has 1 saturated heterocycles. The van der Waals surface area contributed by atoms with Gasteiger partial charge in [-0.15, -0.1) is 0 Å². The lowest BCUT2D eigenvalue weighted by atomic mass is 9.79. The van der Waals surface area contributed by atoms with E-state index in [-0.39, 0.29) is 5.41 Å². The lowest BCUT2D eigenvalue weighted by molar-refractivity contribution is 0.350. The van der Waals surface area contributed by atoms with Crippen LogP contribution < -0.4 is 10.6 Å². The van der Waals surface area contributed by atoms with E-state index < -0.39 is 0 Å². The summed E-state index contributed by atoms with van der Waals surface area (Å²) in [7, 11) is 0. The molecule has 0 aromatic carbocycles. The summed E-state index contributed by atoms with van der Waals surface area (Å²) in [4.78, 5) is 11.2. The molecule has 19 heavy (non-hydrogen) atoms. The number of aryl methyl sites for hydroxylation is 2. The van der Waals surface area contributed by atoms with Crippen molar-refractivity contribution in [3.8, 4) is 0 Å². The second-order valence-corrected chi connectivity index (χ2v) is 5.58. The lowest BCUT2D eigenvalue weighted by Crippen LogP contribution is -2.45. The summed E-state index contributed by atoms with van der Waals surface area (Å²) in [5.74, 6) is 2.14. The molecule has 104 valence electrons. The van der Waals surface area contributed by atoms with Crippen molar-refractivity contribution in [3.63, 3.8) is 0 Å². The molecule has 1 aliphatic heterocycles. The normalized spacial score (nSPS) is 18.4. The molecule has 1 aromatic heterocycles. The number of nitrogens with two attached hydrogens (primary N) is 1. The Hall–Kier alpha value is -1.65. The maximum atomic E-state index is 7.69. The van der Waals surface area contributed by atoms with E-state index in [9.17, 15) is 0 Å². The number of amidine groups is 1. The molecule has 1 aliphatic rings. The number of anilines is 1. The van der Waals surface area contributed by atoms with Crippen LogP contribution in [0.1, 0.15) is 38.2 Å².